The van der Waals surface area contributed by atoms with Crippen molar-refractivity contribution in [2.45, 2.75) is 19.0 Å². The van der Waals surface area contributed by atoms with Crippen LogP contribution in [0.3, 0.4) is 0 Å². The maximum absolute atomic E-state index is 11.8. The maximum Gasteiger partial charge on any atom is 0.273 e. The number of benzene rings is 1. The van der Waals surface area contributed by atoms with Crippen molar-refractivity contribution in [2.75, 3.05) is 24.4 Å². The summed E-state index contributed by atoms with van der Waals surface area (Å²) in [6.07, 6.45) is 1.95. The Morgan fingerprint density at radius 1 is 1.32 bits per heavy atom. The van der Waals surface area contributed by atoms with Gasteiger partial charge in [-0.25, -0.2) is 0 Å². The molecule has 1 amide bonds. The van der Waals surface area contributed by atoms with Crippen LogP contribution >= 0.6 is 0 Å². The van der Waals surface area contributed by atoms with Gasteiger partial charge in [0.05, 0.1) is 6.61 Å². The molecular weight excluding hydrogens is 360 g/mol. The van der Waals surface area contributed by atoms with Crippen molar-refractivity contribution in [2.24, 2.45) is 18.5 Å². The molecule has 6 N–H and O–H groups in total. The average molecular weight is 384 g/mol. The predicted octanol–water partition coefficient (Wildman–Crippen LogP) is 0.980. The van der Waals surface area contributed by atoms with Crippen molar-refractivity contribution >= 4 is 34.3 Å². The van der Waals surface area contributed by atoms with Gasteiger partial charge in [0.2, 0.25) is 5.95 Å². The first-order valence-electron chi connectivity index (χ1n) is 8.77. The normalized spacial score (nSPS) is 13.3. The number of anilines is 3. The van der Waals surface area contributed by atoms with E-state index in [0.717, 1.165) is 16.6 Å². The zero-order chi connectivity index (χ0) is 20.3. The second kappa shape index (κ2) is 8.19. The van der Waals surface area contributed by atoms with Crippen molar-refractivity contribution in [1.29, 1.82) is 0 Å². The standard InChI is InChI=1S/C18H24N8O2/c1-10(12(19)9-28-3)21-18-23-17(15(16(20)27)24-25-18)22-13-5-4-6-14-11(13)7-8-26(14)2/h4-8,10,12H,9,19H2,1-3H3,(H2,20,27)(H2,21,22,23,25)/t10-,12+/m1/s1. The van der Waals surface area contributed by atoms with Gasteiger partial charge in [-0.15, -0.1) is 10.2 Å². The number of nitrogens with zero attached hydrogens (tertiary/aromatic N) is 4. The smallest absolute Gasteiger partial charge is 0.273 e. The first-order chi connectivity index (χ1) is 13.4. The summed E-state index contributed by atoms with van der Waals surface area (Å²) in [4.78, 5) is 16.2. The van der Waals surface area contributed by atoms with Gasteiger partial charge in [-0.2, -0.15) is 4.98 Å². The van der Waals surface area contributed by atoms with Crippen LogP contribution in [0.5, 0.6) is 0 Å². The summed E-state index contributed by atoms with van der Waals surface area (Å²) in [5.41, 5.74) is 13.2. The summed E-state index contributed by atoms with van der Waals surface area (Å²) < 4.78 is 7.06. The number of hydrogen-bond donors (Lipinski definition) is 4. The molecule has 0 saturated carbocycles. The van der Waals surface area contributed by atoms with Crippen LogP contribution in [0, 0.1) is 0 Å². The van der Waals surface area contributed by atoms with E-state index in [1.165, 1.54) is 0 Å². The van der Waals surface area contributed by atoms with E-state index in [9.17, 15) is 4.79 Å². The molecular formula is C18H24N8O2. The number of fused-ring (bicyclic) bond motifs is 1. The monoisotopic (exact) mass is 384 g/mol. The molecule has 3 aromatic rings. The quantitative estimate of drug-likeness (QED) is 0.449. The lowest BCUT2D eigenvalue weighted by molar-refractivity contribution is 0.0995. The fourth-order valence-electron chi connectivity index (χ4n) is 2.83. The minimum atomic E-state index is -0.724. The van der Waals surface area contributed by atoms with E-state index in [1.807, 2.05) is 49.0 Å². The van der Waals surface area contributed by atoms with E-state index in [4.69, 9.17) is 16.2 Å². The SMILES string of the molecule is COC[C@H](N)[C@@H](C)Nc1nnc(C(N)=O)c(Nc2cccc3c2ccn3C)n1. The van der Waals surface area contributed by atoms with Crippen LogP contribution in [0.4, 0.5) is 17.5 Å². The Bertz CT molecular complexity index is 987. The number of aryl methyl sites for hydroxylation is 1. The summed E-state index contributed by atoms with van der Waals surface area (Å²) in [5, 5.41) is 15.1. The van der Waals surface area contributed by atoms with Gasteiger partial charge < -0.3 is 31.4 Å². The first kappa shape index (κ1) is 19.5. The molecule has 0 unspecified atom stereocenters. The highest BCUT2D eigenvalue weighted by atomic mass is 16.5. The number of rotatable bonds is 8. The molecule has 0 fully saturated rings. The molecule has 28 heavy (non-hydrogen) atoms. The number of nitrogens with two attached hydrogens (primary N) is 2. The Balaban J connectivity index is 1.93. The van der Waals surface area contributed by atoms with Crippen molar-refractivity contribution in [3.8, 4) is 0 Å². The van der Waals surface area contributed by atoms with Gasteiger partial charge in [-0.05, 0) is 25.1 Å². The molecule has 0 saturated heterocycles. The second-order valence-electron chi connectivity index (χ2n) is 6.54. The number of hydrogen-bond acceptors (Lipinski definition) is 8. The number of carbonyl (C=O) groups is 1. The highest BCUT2D eigenvalue weighted by Gasteiger charge is 2.18. The van der Waals surface area contributed by atoms with Crippen LogP contribution in [0.1, 0.15) is 17.4 Å². The van der Waals surface area contributed by atoms with Crippen LogP contribution in [0.15, 0.2) is 30.5 Å². The van der Waals surface area contributed by atoms with E-state index in [2.05, 4.69) is 25.8 Å². The Kier molecular flexibility index (Phi) is 5.71. The van der Waals surface area contributed by atoms with E-state index in [-0.39, 0.29) is 29.5 Å². The zero-order valence-corrected chi connectivity index (χ0v) is 16.0. The van der Waals surface area contributed by atoms with Crippen LogP contribution in [-0.4, -0.2) is 51.5 Å². The summed E-state index contributed by atoms with van der Waals surface area (Å²) >= 11 is 0. The van der Waals surface area contributed by atoms with Crippen molar-refractivity contribution < 1.29 is 9.53 Å². The number of ether oxygens (including phenoxy) is 1. The lowest BCUT2D eigenvalue weighted by Gasteiger charge is -2.20. The third-order valence-electron chi connectivity index (χ3n) is 4.46. The number of primary amides is 1. The average Bonchev–Trinajstić information content (AvgIpc) is 3.04. The second-order valence-corrected chi connectivity index (χ2v) is 6.54. The summed E-state index contributed by atoms with van der Waals surface area (Å²) in [6.45, 7) is 2.26. The molecule has 1 aromatic carbocycles. The Labute approximate surface area is 162 Å². The number of amides is 1. The van der Waals surface area contributed by atoms with Crippen molar-refractivity contribution in [1.82, 2.24) is 19.7 Å². The van der Waals surface area contributed by atoms with E-state index in [0.29, 0.717) is 6.61 Å². The molecule has 3 rings (SSSR count). The molecule has 0 spiro atoms. The fourth-order valence-corrected chi connectivity index (χ4v) is 2.83. The first-order valence-corrected chi connectivity index (χ1v) is 8.77. The van der Waals surface area contributed by atoms with Gasteiger partial charge in [0, 0.05) is 49.0 Å². The van der Waals surface area contributed by atoms with Gasteiger partial charge in [-0.3, -0.25) is 4.79 Å². The van der Waals surface area contributed by atoms with Crippen LogP contribution in [-0.2, 0) is 11.8 Å². The third-order valence-corrected chi connectivity index (χ3v) is 4.46. The molecule has 2 atom stereocenters. The molecule has 0 bridgehead atoms. The molecule has 10 heteroatoms. The molecule has 10 nitrogen and oxygen atoms in total. The minimum Gasteiger partial charge on any atom is -0.383 e. The van der Waals surface area contributed by atoms with Crippen molar-refractivity contribution in [3.05, 3.63) is 36.2 Å². The molecule has 2 aromatic heterocycles. The highest BCUT2D eigenvalue weighted by Crippen LogP contribution is 2.27. The molecule has 148 valence electrons. The number of carbonyl (C=O) groups excluding carboxylic acids is 1. The minimum absolute atomic E-state index is 0.0488. The van der Waals surface area contributed by atoms with Gasteiger partial charge in [0.15, 0.2) is 11.5 Å². The lowest BCUT2D eigenvalue weighted by Crippen LogP contribution is -2.41. The van der Waals surface area contributed by atoms with E-state index < -0.39 is 5.91 Å². The summed E-state index contributed by atoms with van der Waals surface area (Å²) in [5.74, 6) is -0.279. The molecule has 2 heterocycles. The van der Waals surface area contributed by atoms with E-state index >= 15 is 0 Å². The van der Waals surface area contributed by atoms with Crippen LogP contribution in [0.25, 0.3) is 10.9 Å². The highest BCUT2D eigenvalue weighted by molar-refractivity contribution is 5.99. The Morgan fingerprint density at radius 2 is 2.11 bits per heavy atom. The van der Waals surface area contributed by atoms with Gasteiger partial charge in [-0.1, -0.05) is 6.07 Å². The number of nitrogens with one attached hydrogen (secondary N) is 2. The summed E-state index contributed by atoms with van der Waals surface area (Å²) in [6, 6.07) is 7.33. The van der Waals surface area contributed by atoms with Crippen molar-refractivity contribution in [3.63, 3.8) is 0 Å². The lowest BCUT2D eigenvalue weighted by atomic mass is 10.2. The van der Waals surface area contributed by atoms with Gasteiger partial charge in [0.1, 0.15) is 0 Å². The number of aromatic nitrogens is 4. The third kappa shape index (κ3) is 4.02. The van der Waals surface area contributed by atoms with Crippen LogP contribution < -0.4 is 22.1 Å². The van der Waals surface area contributed by atoms with Gasteiger partial charge in [0.25, 0.3) is 5.91 Å². The topological polar surface area (TPSA) is 146 Å². The zero-order valence-electron chi connectivity index (χ0n) is 16.0. The largest absolute Gasteiger partial charge is 0.383 e. The molecule has 0 aliphatic rings. The maximum atomic E-state index is 11.8. The molecule has 0 aliphatic carbocycles. The fraction of sp³-hybridized carbons (Fsp3) is 0.333. The van der Waals surface area contributed by atoms with E-state index in [1.54, 1.807) is 7.11 Å². The molecule has 0 radical (unpaired) electrons. The molecule has 0 aliphatic heterocycles. The Morgan fingerprint density at radius 3 is 2.82 bits per heavy atom. The van der Waals surface area contributed by atoms with Crippen LogP contribution in [0.2, 0.25) is 0 Å². The van der Waals surface area contributed by atoms with Gasteiger partial charge >= 0.3 is 0 Å². The summed E-state index contributed by atoms with van der Waals surface area (Å²) in [7, 11) is 3.54. The Hall–Kier alpha value is -3.24. The number of methoxy groups -OCH3 is 1. The predicted molar refractivity (Wildman–Crippen MR) is 107 cm³/mol.